The Kier molecular flexibility index (Phi) is 5.32. The third-order valence-corrected chi connectivity index (χ3v) is 3.54. The van der Waals surface area contributed by atoms with Crippen LogP contribution in [0.15, 0.2) is 22.7 Å². The van der Waals surface area contributed by atoms with Crippen molar-refractivity contribution >= 4 is 37.8 Å². The lowest BCUT2D eigenvalue weighted by atomic mass is 10.1. The van der Waals surface area contributed by atoms with E-state index in [4.69, 9.17) is 4.74 Å². The van der Waals surface area contributed by atoms with Crippen LogP contribution in [0.4, 0.5) is 0 Å². The molecular weight excluding hydrogens is 324 g/mol. The number of alkyl halides is 1. The van der Waals surface area contributed by atoms with Crippen molar-refractivity contribution in [3.63, 3.8) is 0 Å². The summed E-state index contributed by atoms with van der Waals surface area (Å²) in [6, 6.07) is 5.55. The maximum Gasteiger partial charge on any atom is 0.339 e. The quantitative estimate of drug-likeness (QED) is 0.476. The molecule has 0 aliphatic rings. The number of hydrogen-bond donors (Lipinski definition) is 0. The first-order valence-electron chi connectivity index (χ1n) is 4.65. The van der Waals surface area contributed by atoms with Gasteiger partial charge in [0.15, 0.2) is 0 Å². The molecule has 0 fully saturated rings. The molecule has 1 aromatic rings. The van der Waals surface area contributed by atoms with E-state index in [1.807, 2.05) is 19.1 Å². The van der Waals surface area contributed by atoms with E-state index in [0.29, 0.717) is 12.2 Å². The summed E-state index contributed by atoms with van der Waals surface area (Å²) in [7, 11) is 0. The highest BCUT2D eigenvalue weighted by Gasteiger charge is 2.11. The number of halogens is 2. The minimum absolute atomic E-state index is 0.272. The molecule has 0 unspecified atom stereocenters. The first-order valence-corrected chi connectivity index (χ1v) is 6.56. The molecule has 0 saturated carbocycles. The van der Waals surface area contributed by atoms with E-state index in [2.05, 4.69) is 31.9 Å². The van der Waals surface area contributed by atoms with Crippen molar-refractivity contribution in [1.82, 2.24) is 0 Å². The standard InChI is InChI=1S/C11H12Br2O2/c1-8-4-2-5-9(10(8)13)11(14)15-7-3-6-12/h2,4-5H,3,6-7H2,1H3. The van der Waals surface area contributed by atoms with Gasteiger partial charge in [-0.3, -0.25) is 0 Å². The van der Waals surface area contributed by atoms with Crippen molar-refractivity contribution in [2.24, 2.45) is 0 Å². The van der Waals surface area contributed by atoms with Gasteiger partial charge < -0.3 is 4.74 Å². The zero-order valence-corrected chi connectivity index (χ0v) is 11.6. The van der Waals surface area contributed by atoms with Gasteiger partial charge in [-0.05, 0) is 40.9 Å². The second-order valence-electron chi connectivity index (χ2n) is 3.11. The Morgan fingerprint density at radius 2 is 2.20 bits per heavy atom. The Labute approximate surface area is 106 Å². The van der Waals surface area contributed by atoms with Crippen molar-refractivity contribution in [3.8, 4) is 0 Å². The molecule has 4 heteroatoms. The van der Waals surface area contributed by atoms with E-state index < -0.39 is 0 Å². The van der Waals surface area contributed by atoms with Gasteiger partial charge in [-0.25, -0.2) is 4.79 Å². The van der Waals surface area contributed by atoms with Gasteiger partial charge in [-0.1, -0.05) is 28.1 Å². The Hall–Kier alpha value is -0.350. The molecule has 0 aliphatic heterocycles. The molecule has 0 heterocycles. The predicted molar refractivity (Wildman–Crippen MR) is 67.6 cm³/mol. The Bertz CT molecular complexity index is 350. The minimum atomic E-state index is -0.272. The van der Waals surface area contributed by atoms with Crippen molar-refractivity contribution in [2.75, 3.05) is 11.9 Å². The number of aryl methyl sites for hydroxylation is 1. The first kappa shape index (κ1) is 12.7. The summed E-state index contributed by atoms with van der Waals surface area (Å²) in [4.78, 5) is 11.6. The third-order valence-electron chi connectivity index (χ3n) is 1.92. The van der Waals surface area contributed by atoms with Crippen LogP contribution in [0.1, 0.15) is 22.3 Å². The van der Waals surface area contributed by atoms with Crippen LogP contribution in [0.5, 0.6) is 0 Å². The zero-order chi connectivity index (χ0) is 11.3. The smallest absolute Gasteiger partial charge is 0.339 e. The van der Waals surface area contributed by atoms with Gasteiger partial charge in [-0.15, -0.1) is 0 Å². The number of esters is 1. The van der Waals surface area contributed by atoms with Gasteiger partial charge in [0.05, 0.1) is 12.2 Å². The van der Waals surface area contributed by atoms with Gasteiger partial charge >= 0.3 is 5.97 Å². The summed E-state index contributed by atoms with van der Waals surface area (Å²) in [6.45, 7) is 2.39. The number of rotatable bonds is 4. The molecule has 0 bridgehead atoms. The molecule has 0 saturated heterocycles. The number of ether oxygens (including phenoxy) is 1. The first-order chi connectivity index (χ1) is 7.16. The van der Waals surface area contributed by atoms with Crippen LogP contribution in [0.3, 0.4) is 0 Å². The maximum absolute atomic E-state index is 11.6. The average Bonchev–Trinajstić information content (AvgIpc) is 2.22. The van der Waals surface area contributed by atoms with Gasteiger partial charge in [0.2, 0.25) is 0 Å². The molecule has 15 heavy (non-hydrogen) atoms. The highest BCUT2D eigenvalue weighted by Crippen LogP contribution is 2.21. The lowest BCUT2D eigenvalue weighted by Crippen LogP contribution is -2.07. The third kappa shape index (κ3) is 3.61. The summed E-state index contributed by atoms with van der Waals surface area (Å²) < 4.78 is 5.92. The second-order valence-corrected chi connectivity index (χ2v) is 4.70. The molecule has 0 radical (unpaired) electrons. The molecule has 2 nitrogen and oxygen atoms in total. The topological polar surface area (TPSA) is 26.3 Å². The molecule has 0 amide bonds. The van der Waals surface area contributed by atoms with E-state index >= 15 is 0 Å². The highest BCUT2D eigenvalue weighted by atomic mass is 79.9. The molecule has 0 aromatic heterocycles. The predicted octanol–water partition coefficient (Wildman–Crippen LogP) is 3.70. The van der Waals surface area contributed by atoms with Crippen molar-refractivity contribution < 1.29 is 9.53 Å². The Morgan fingerprint density at radius 3 is 2.87 bits per heavy atom. The lowest BCUT2D eigenvalue weighted by Gasteiger charge is -2.06. The summed E-state index contributed by atoms with van der Waals surface area (Å²) in [5.41, 5.74) is 1.62. The molecule has 0 N–H and O–H groups in total. The second kappa shape index (κ2) is 6.28. The van der Waals surface area contributed by atoms with Gasteiger partial charge in [0, 0.05) is 9.80 Å². The Morgan fingerprint density at radius 1 is 1.47 bits per heavy atom. The molecular formula is C11H12Br2O2. The van der Waals surface area contributed by atoms with E-state index in [1.54, 1.807) is 6.07 Å². The molecule has 1 rings (SSSR count). The minimum Gasteiger partial charge on any atom is -0.462 e. The summed E-state index contributed by atoms with van der Waals surface area (Å²) in [5.74, 6) is -0.272. The fourth-order valence-electron chi connectivity index (χ4n) is 1.10. The van der Waals surface area contributed by atoms with E-state index in [-0.39, 0.29) is 5.97 Å². The largest absolute Gasteiger partial charge is 0.462 e. The Balaban J connectivity index is 2.69. The normalized spacial score (nSPS) is 10.1. The van der Waals surface area contributed by atoms with Crippen LogP contribution in [-0.4, -0.2) is 17.9 Å². The van der Waals surface area contributed by atoms with E-state index in [9.17, 15) is 4.79 Å². The fraction of sp³-hybridized carbons (Fsp3) is 0.364. The summed E-state index contributed by atoms with van der Waals surface area (Å²) in [5, 5.41) is 0.843. The van der Waals surface area contributed by atoms with Gasteiger partial charge in [-0.2, -0.15) is 0 Å². The number of benzene rings is 1. The number of carbonyl (C=O) groups excluding carboxylic acids is 1. The van der Waals surface area contributed by atoms with E-state index in [0.717, 1.165) is 21.8 Å². The maximum atomic E-state index is 11.6. The number of hydrogen-bond acceptors (Lipinski definition) is 2. The van der Waals surface area contributed by atoms with Crippen molar-refractivity contribution in [3.05, 3.63) is 33.8 Å². The lowest BCUT2D eigenvalue weighted by molar-refractivity contribution is 0.0505. The fourth-order valence-corrected chi connectivity index (χ4v) is 1.76. The van der Waals surface area contributed by atoms with Crippen molar-refractivity contribution in [2.45, 2.75) is 13.3 Å². The van der Waals surface area contributed by atoms with Crippen LogP contribution >= 0.6 is 31.9 Å². The molecule has 0 aliphatic carbocycles. The molecule has 1 aromatic carbocycles. The molecule has 0 atom stereocenters. The van der Waals surface area contributed by atoms with Crippen LogP contribution in [0.2, 0.25) is 0 Å². The zero-order valence-electron chi connectivity index (χ0n) is 8.43. The monoisotopic (exact) mass is 334 g/mol. The SMILES string of the molecule is Cc1cccc(C(=O)OCCCBr)c1Br. The number of carbonyl (C=O) groups is 1. The highest BCUT2D eigenvalue weighted by molar-refractivity contribution is 9.10. The van der Waals surface area contributed by atoms with Crippen LogP contribution in [-0.2, 0) is 4.74 Å². The van der Waals surface area contributed by atoms with Crippen LogP contribution in [0.25, 0.3) is 0 Å². The van der Waals surface area contributed by atoms with Crippen molar-refractivity contribution in [1.29, 1.82) is 0 Å². The van der Waals surface area contributed by atoms with Crippen LogP contribution in [0, 0.1) is 6.92 Å². The van der Waals surface area contributed by atoms with Crippen LogP contribution < -0.4 is 0 Å². The molecule has 0 spiro atoms. The average molecular weight is 336 g/mol. The van der Waals surface area contributed by atoms with Gasteiger partial charge in [0.1, 0.15) is 0 Å². The summed E-state index contributed by atoms with van der Waals surface area (Å²) in [6.07, 6.45) is 0.829. The van der Waals surface area contributed by atoms with Gasteiger partial charge in [0.25, 0.3) is 0 Å². The van der Waals surface area contributed by atoms with E-state index in [1.165, 1.54) is 0 Å². The summed E-state index contributed by atoms with van der Waals surface area (Å²) >= 11 is 6.66. The molecule has 82 valence electrons.